The highest BCUT2D eigenvalue weighted by Gasteiger charge is 2.10. The van der Waals surface area contributed by atoms with E-state index in [9.17, 15) is 14.4 Å². The van der Waals surface area contributed by atoms with E-state index in [1.807, 2.05) is 18.2 Å². The Balaban J connectivity index is 1.71. The van der Waals surface area contributed by atoms with Gasteiger partial charge in [0, 0.05) is 22.0 Å². The number of Topliss-reactive ketones (excluding diaryl/α,β-unsaturated/α-hetero) is 1. The molecule has 1 N–H and O–H groups in total. The first-order chi connectivity index (χ1) is 12.5. The second-order valence-corrected chi connectivity index (χ2v) is 6.82. The Bertz CT molecular complexity index is 810. The fourth-order valence-corrected chi connectivity index (χ4v) is 3.17. The molecule has 0 spiro atoms. The van der Waals surface area contributed by atoms with Gasteiger partial charge in [-0.25, -0.2) is 0 Å². The molecule has 0 saturated heterocycles. The molecule has 0 aliphatic heterocycles. The number of carbonyl (C=O) groups is 3. The van der Waals surface area contributed by atoms with Gasteiger partial charge in [0.25, 0.3) is 5.91 Å². The lowest BCUT2D eigenvalue weighted by atomic mass is 10.1. The highest BCUT2D eigenvalue weighted by molar-refractivity contribution is 7.99. The highest BCUT2D eigenvalue weighted by atomic mass is 35.5. The molecule has 0 aliphatic rings. The van der Waals surface area contributed by atoms with Crippen molar-refractivity contribution in [2.45, 2.75) is 12.7 Å². The Labute approximate surface area is 161 Å². The molecule has 0 aromatic heterocycles. The number of anilines is 1. The van der Waals surface area contributed by atoms with Gasteiger partial charge in [-0.15, -0.1) is 11.8 Å². The van der Waals surface area contributed by atoms with Crippen molar-refractivity contribution in [1.82, 2.24) is 0 Å². The van der Waals surface area contributed by atoms with E-state index in [0.717, 1.165) is 5.56 Å². The molecule has 5 nitrogen and oxygen atoms in total. The Morgan fingerprint density at radius 2 is 1.88 bits per heavy atom. The molecular formula is C19H18ClNO4S. The third-order valence-electron chi connectivity index (χ3n) is 3.35. The van der Waals surface area contributed by atoms with Crippen LogP contribution in [-0.2, 0) is 20.1 Å². The van der Waals surface area contributed by atoms with Crippen LogP contribution in [0.3, 0.4) is 0 Å². The van der Waals surface area contributed by atoms with Crippen molar-refractivity contribution in [2.75, 3.05) is 17.7 Å². The van der Waals surface area contributed by atoms with E-state index in [1.165, 1.54) is 18.7 Å². The Hall–Kier alpha value is -2.31. The van der Waals surface area contributed by atoms with Crippen LogP contribution in [-0.4, -0.2) is 30.0 Å². The third kappa shape index (κ3) is 6.54. The summed E-state index contributed by atoms with van der Waals surface area (Å²) in [5.41, 5.74) is 1.91. The number of thioether (sulfide) groups is 1. The average Bonchev–Trinajstić information content (AvgIpc) is 2.62. The first-order valence-corrected chi connectivity index (χ1v) is 9.36. The van der Waals surface area contributed by atoms with Crippen molar-refractivity contribution in [3.05, 3.63) is 64.7 Å². The molecule has 0 heterocycles. The predicted molar refractivity (Wildman–Crippen MR) is 104 cm³/mol. The first kappa shape index (κ1) is 20.0. The van der Waals surface area contributed by atoms with Crippen molar-refractivity contribution >= 4 is 46.7 Å². The maximum Gasteiger partial charge on any atom is 0.316 e. The van der Waals surface area contributed by atoms with Gasteiger partial charge in [-0.2, -0.15) is 0 Å². The maximum atomic E-state index is 11.8. The van der Waals surface area contributed by atoms with E-state index in [0.29, 0.717) is 22.0 Å². The van der Waals surface area contributed by atoms with Crippen molar-refractivity contribution in [3.8, 4) is 0 Å². The van der Waals surface area contributed by atoms with Gasteiger partial charge in [0.2, 0.25) is 0 Å². The average molecular weight is 392 g/mol. The summed E-state index contributed by atoms with van der Waals surface area (Å²) < 4.78 is 4.95. The number of hydrogen-bond acceptors (Lipinski definition) is 5. The lowest BCUT2D eigenvalue weighted by Gasteiger charge is -2.08. The minimum Gasteiger partial charge on any atom is -0.455 e. The van der Waals surface area contributed by atoms with Crippen LogP contribution < -0.4 is 5.32 Å². The summed E-state index contributed by atoms with van der Waals surface area (Å²) in [5, 5.41) is 3.24. The van der Waals surface area contributed by atoms with Crippen LogP contribution in [0.2, 0.25) is 5.02 Å². The fourth-order valence-electron chi connectivity index (χ4n) is 2.06. The number of esters is 1. The molecule has 0 atom stereocenters. The zero-order valence-corrected chi connectivity index (χ0v) is 15.7. The standard InChI is InChI=1S/C19H18ClNO4S/c1-13(22)14-6-4-7-16(9-14)21-18(23)10-25-19(24)12-26-11-15-5-2-3-8-17(15)20/h2-9H,10-12H2,1H3,(H,21,23). The number of rotatable bonds is 8. The van der Waals surface area contributed by atoms with Crippen molar-refractivity contribution < 1.29 is 19.1 Å². The Morgan fingerprint density at radius 3 is 2.62 bits per heavy atom. The normalized spacial score (nSPS) is 10.2. The van der Waals surface area contributed by atoms with Gasteiger partial charge in [0.1, 0.15) is 0 Å². The summed E-state index contributed by atoms with van der Waals surface area (Å²) in [6.07, 6.45) is 0. The zero-order chi connectivity index (χ0) is 18.9. The molecule has 1 amide bonds. The van der Waals surface area contributed by atoms with Crippen LogP contribution in [0.25, 0.3) is 0 Å². The van der Waals surface area contributed by atoms with Gasteiger partial charge in [0.05, 0.1) is 5.75 Å². The van der Waals surface area contributed by atoms with Gasteiger partial charge in [-0.05, 0) is 30.7 Å². The Morgan fingerprint density at radius 1 is 1.12 bits per heavy atom. The lowest BCUT2D eigenvalue weighted by molar-refractivity contribution is -0.144. The molecular weight excluding hydrogens is 374 g/mol. The number of nitrogens with one attached hydrogen (secondary N) is 1. The molecule has 0 unspecified atom stereocenters. The molecule has 0 fully saturated rings. The number of hydrogen-bond donors (Lipinski definition) is 1. The molecule has 7 heteroatoms. The summed E-state index contributed by atoms with van der Waals surface area (Å²) in [5.74, 6) is -0.329. The van der Waals surface area contributed by atoms with Gasteiger partial charge < -0.3 is 10.1 Å². The summed E-state index contributed by atoms with van der Waals surface area (Å²) in [6.45, 7) is 1.07. The quantitative estimate of drug-likeness (QED) is 0.544. The van der Waals surface area contributed by atoms with E-state index >= 15 is 0 Å². The smallest absolute Gasteiger partial charge is 0.316 e. The van der Waals surface area contributed by atoms with Gasteiger partial charge in [0.15, 0.2) is 12.4 Å². The molecule has 0 bridgehead atoms. The third-order valence-corrected chi connectivity index (χ3v) is 4.68. The number of ether oxygens (including phenoxy) is 1. The van der Waals surface area contributed by atoms with Crippen molar-refractivity contribution in [2.24, 2.45) is 0 Å². The number of ketones is 1. The van der Waals surface area contributed by atoms with Crippen molar-refractivity contribution in [1.29, 1.82) is 0 Å². The molecule has 0 radical (unpaired) electrons. The maximum absolute atomic E-state index is 11.8. The van der Waals surface area contributed by atoms with Crippen LogP contribution in [0.15, 0.2) is 48.5 Å². The molecule has 2 rings (SSSR count). The molecule has 2 aromatic carbocycles. The van der Waals surface area contributed by atoms with Gasteiger partial charge in [-0.1, -0.05) is 41.9 Å². The van der Waals surface area contributed by atoms with Crippen LogP contribution in [0.5, 0.6) is 0 Å². The molecule has 2 aromatic rings. The second-order valence-electron chi connectivity index (χ2n) is 5.43. The van der Waals surface area contributed by atoms with E-state index in [2.05, 4.69) is 5.32 Å². The number of benzene rings is 2. The van der Waals surface area contributed by atoms with E-state index in [4.69, 9.17) is 16.3 Å². The first-order valence-electron chi connectivity index (χ1n) is 7.83. The van der Waals surface area contributed by atoms with Gasteiger partial charge >= 0.3 is 5.97 Å². The zero-order valence-electron chi connectivity index (χ0n) is 14.2. The van der Waals surface area contributed by atoms with E-state index in [1.54, 1.807) is 30.3 Å². The van der Waals surface area contributed by atoms with Crippen LogP contribution in [0.1, 0.15) is 22.8 Å². The van der Waals surface area contributed by atoms with Crippen molar-refractivity contribution in [3.63, 3.8) is 0 Å². The minimum atomic E-state index is -0.477. The molecule has 0 saturated carbocycles. The summed E-state index contributed by atoms with van der Waals surface area (Å²) in [4.78, 5) is 34.9. The number of carbonyl (C=O) groups excluding carboxylic acids is 3. The predicted octanol–water partition coefficient (Wildman–Crippen LogP) is 3.96. The van der Waals surface area contributed by atoms with E-state index in [-0.39, 0.29) is 18.1 Å². The summed E-state index contributed by atoms with van der Waals surface area (Å²) in [7, 11) is 0. The number of amides is 1. The lowest BCUT2D eigenvalue weighted by Crippen LogP contribution is -2.21. The van der Waals surface area contributed by atoms with Crippen LogP contribution in [0.4, 0.5) is 5.69 Å². The van der Waals surface area contributed by atoms with Gasteiger partial charge in [-0.3, -0.25) is 14.4 Å². The summed E-state index contributed by atoms with van der Waals surface area (Å²) in [6, 6.07) is 14.0. The largest absolute Gasteiger partial charge is 0.455 e. The van der Waals surface area contributed by atoms with E-state index < -0.39 is 11.9 Å². The highest BCUT2D eigenvalue weighted by Crippen LogP contribution is 2.20. The SMILES string of the molecule is CC(=O)c1cccc(NC(=O)COC(=O)CSCc2ccccc2Cl)c1. The van der Waals surface area contributed by atoms with Crippen LogP contribution in [0, 0.1) is 0 Å². The second kappa shape index (κ2) is 9.99. The molecule has 136 valence electrons. The topological polar surface area (TPSA) is 72.5 Å². The fraction of sp³-hybridized carbons (Fsp3) is 0.211. The summed E-state index contributed by atoms with van der Waals surface area (Å²) >= 11 is 7.41. The monoisotopic (exact) mass is 391 g/mol. The molecule has 0 aliphatic carbocycles. The number of halogens is 1. The van der Waals surface area contributed by atoms with Crippen LogP contribution >= 0.6 is 23.4 Å². The minimum absolute atomic E-state index is 0.0944. The molecule has 26 heavy (non-hydrogen) atoms. The Kier molecular flexibility index (Phi) is 7.69.